The SMILES string of the molecule is CCOC(=O)C1=C(C)N(C)C(=S)NC1c1cccc(NC(=O)Nc2ccccc2)c1. The molecule has 0 saturated carbocycles. The lowest BCUT2D eigenvalue weighted by Gasteiger charge is -2.35. The molecule has 7 nitrogen and oxygen atoms in total. The third-order valence-corrected chi connectivity index (χ3v) is 5.15. The van der Waals surface area contributed by atoms with Crippen LogP contribution < -0.4 is 16.0 Å². The molecule has 0 bridgehead atoms. The van der Waals surface area contributed by atoms with Gasteiger partial charge in [-0.3, -0.25) is 0 Å². The largest absolute Gasteiger partial charge is 0.463 e. The second-order valence-electron chi connectivity index (χ2n) is 6.73. The summed E-state index contributed by atoms with van der Waals surface area (Å²) in [4.78, 5) is 26.7. The van der Waals surface area contributed by atoms with E-state index in [0.717, 1.165) is 11.3 Å². The van der Waals surface area contributed by atoms with Gasteiger partial charge >= 0.3 is 12.0 Å². The fraction of sp³-hybridized carbons (Fsp3) is 0.227. The Labute approximate surface area is 181 Å². The molecular formula is C22H24N4O3S. The average molecular weight is 425 g/mol. The topological polar surface area (TPSA) is 82.7 Å². The van der Waals surface area contributed by atoms with Crippen LogP contribution in [0.25, 0.3) is 0 Å². The highest BCUT2D eigenvalue weighted by Gasteiger charge is 2.33. The molecule has 0 spiro atoms. The van der Waals surface area contributed by atoms with Gasteiger partial charge in [-0.2, -0.15) is 0 Å². The van der Waals surface area contributed by atoms with Gasteiger partial charge in [-0.25, -0.2) is 9.59 Å². The van der Waals surface area contributed by atoms with Gasteiger partial charge in [0.1, 0.15) is 0 Å². The number of ether oxygens (including phenoxy) is 1. The van der Waals surface area contributed by atoms with Gasteiger partial charge in [-0.05, 0) is 55.9 Å². The van der Waals surface area contributed by atoms with Crippen LogP contribution in [-0.4, -0.2) is 35.7 Å². The summed E-state index contributed by atoms with van der Waals surface area (Å²) in [6.45, 7) is 3.88. The van der Waals surface area contributed by atoms with E-state index in [1.165, 1.54) is 0 Å². The molecule has 1 aliphatic heterocycles. The zero-order valence-corrected chi connectivity index (χ0v) is 17.9. The first kappa shape index (κ1) is 21.3. The Kier molecular flexibility index (Phi) is 6.68. The summed E-state index contributed by atoms with van der Waals surface area (Å²) in [6.07, 6.45) is 0. The number of rotatable bonds is 5. The van der Waals surface area contributed by atoms with Crippen molar-refractivity contribution in [3.05, 3.63) is 71.4 Å². The third kappa shape index (κ3) is 4.77. The molecule has 3 N–H and O–H groups in total. The molecule has 0 radical (unpaired) electrons. The van der Waals surface area contributed by atoms with E-state index in [2.05, 4.69) is 16.0 Å². The molecule has 3 rings (SSSR count). The van der Waals surface area contributed by atoms with Crippen molar-refractivity contribution in [2.45, 2.75) is 19.9 Å². The lowest BCUT2D eigenvalue weighted by Crippen LogP contribution is -2.46. The van der Waals surface area contributed by atoms with Crippen LogP contribution in [0.1, 0.15) is 25.5 Å². The molecule has 30 heavy (non-hydrogen) atoms. The quantitative estimate of drug-likeness (QED) is 0.497. The number of para-hydroxylation sites is 1. The first-order valence-corrected chi connectivity index (χ1v) is 9.96. The van der Waals surface area contributed by atoms with Crippen molar-refractivity contribution in [1.82, 2.24) is 10.2 Å². The summed E-state index contributed by atoms with van der Waals surface area (Å²) in [5.41, 5.74) is 3.27. The van der Waals surface area contributed by atoms with Crippen molar-refractivity contribution in [3.63, 3.8) is 0 Å². The number of allylic oxidation sites excluding steroid dienone is 1. The maximum atomic E-state index is 12.6. The minimum atomic E-state index is -0.480. The fourth-order valence-corrected chi connectivity index (χ4v) is 3.42. The van der Waals surface area contributed by atoms with Gasteiger partial charge in [-0.15, -0.1) is 0 Å². The summed E-state index contributed by atoms with van der Waals surface area (Å²) in [5.74, 6) is -0.401. The molecule has 0 aliphatic carbocycles. The smallest absolute Gasteiger partial charge is 0.338 e. The number of urea groups is 1. The third-order valence-electron chi connectivity index (χ3n) is 4.76. The zero-order valence-electron chi connectivity index (χ0n) is 17.1. The highest BCUT2D eigenvalue weighted by Crippen LogP contribution is 2.31. The molecule has 0 aromatic heterocycles. The summed E-state index contributed by atoms with van der Waals surface area (Å²) in [7, 11) is 1.80. The van der Waals surface area contributed by atoms with Gasteiger partial charge in [-0.1, -0.05) is 30.3 Å². The summed E-state index contributed by atoms with van der Waals surface area (Å²) < 4.78 is 5.26. The van der Waals surface area contributed by atoms with E-state index >= 15 is 0 Å². The molecular weight excluding hydrogens is 400 g/mol. The van der Waals surface area contributed by atoms with Crippen molar-refractivity contribution in [1.29, 1.82) is 0 Å². The average Bonchev–Trinajstić information content (AvgIpc) is 2.72. The summed E-state index contributed by atoms with van der Waals surface area (Å²) >= 11 is 5.41. The normalized spacial score (nSPS) is 16.0. The molecule has 0 saturated heterocycles. The van der Waals surface area contributed by atoms with Crippen molar-refractivity contribution in [2.75, 3.05) is 24.3 Å². The number of carbonyl (C=O) groups is 2. The second kappa shape index (κ2) is 9.41. The van der Waals surface area contributed by atoms with Crippen LogP contribution in [0.15, 0.2) is 65.9 Å². The van der Waals surface area contributed by atoms with E-state index in [0.29, 0.717) is 22.1 Å². The number of carbonyl (C=O) groups excluding carboxylic acids is 2. The fourth-order valence-electron chi connectivity index (χ4n) is 3.17. The van der Waals surface area contributed by atoms with Crippen LogP contribution >= 0.6 is 12.2 Å². The predicted molar refractivity (Wildman–Crippen MR) is 121 cm³/mol. The summed E-state index contributed by atoms with van der Waals surface area (Å²) in [6, 6.07) is 15.6. The lowest BCUT2D eigenvalue weighted by atomic mass is 9.95. The van der Waals surface area contributed by atoms with Gasteiger partial charge < -0.3 is 25.6 Å². The Bertz CT molecular complexity index is 991. The number of anilines is 2. The van der Waals surface area contributed by atoms with Gasteiger partial charge in [0.05, 0.1) is 18.2 Å². The predicted octanol–water partition coefficient (Wildman–Crippen LogP) is 4.03. The first-order valence-electron chi connectivity index (χ1n) is 9.55. The standard InChI is InChI=1S/C22H24N4O3S/c1-4-29-20(27)18-14(2)26(3)22(30)25-19(18)15-9-8-12-17(13-15)24-21(28)23-16-10-6-5-7-11-16/h5-13,19H,4H2,1-3H3,(H,25,30)(H2,23,24,28). The number of thiocarbonyl (C=S) groups is 1. The molecule has 1 heterocycles. The number of benzene rings is 2. The van der Waals surface area contributed by atoms with Gasteiger partial charge in [0.2, 0.25) is 0 Å². The molecule has 0 fully saturated rings. The molecule has 156 valence electrons. The molecule has 1 aliphatic rings. The van der Waals surface area contributed by atoms with Crippen LogP contribution in [0.4, 0.5) is 16.2 Å². The van der Waals surface area contributed by atoms with Crippen LogP contribution in [0.5, 0.6) is 0 Å². The second-order valence-corrected chi connectivity index (χ2v) is 7.12. The molecule has 2 aromatic rings. The number of hydrogen-bond acceptors (Lipinski definition) is 4. The van der Waals surface area contributed by atoms with E-state index in [1.807, 2.05) is 43.3 Å². The van der Waals surface area contributed by atoms with Crippen molar-refractivity contribution >= 4 is 40.7 Å². The molecule has 2 amide bonds. The van der Waals surface area contributed by atoms with Gasteiger partial charge in [0.15, 0.2) is 5.11 Å². The van der Waals surface area contributed by atoms with Crippen molar-refractivity contribution in [2.24, 2.45) is 0 Å². The molecule has 1 unspecified atom stereocenters. The van der Waals surface area contributed by atoms with Crippen molar-refractivity contribution in [3.8, 4) is 0 Å². The number of nitrogens with one attached hydrogen (secondary N) is 3. The Morgan fingerprint density at radius 2 is 1.77 bits per heavy atom. The van der Waals surface area contributed by atoms with Crippen LogP contribution in [-0.2, 0) is 9.53 Å². The van der Waals surface area contributed by atoms with Crippen LogP contribution in [0, 0.1) is 0 Å². The molecule has 1 atom stereocenters. The zero-order chi connectivity index (χ0) is 21.7. The van der Waals surface area contributed by atoms with E-state index in [9.17, 15) is 9.59 Å². The maximum Gasteiger partial charge on any atom is 0.338 e. The number of hydrogen-bond donors (Lipinski definition) is 3. The monoisotopic (exact) mass is 424 g/mol. The number of amides is 2. The molecule has 8 heteroatoms. The summed E-state index contributed by atoms with van der Waals surface area (Å²) in [5, 5.41) is 9.29. The van der Waals surface area contributed by atoms with E-state index in [1.54, 1.807) is 37.1 Å². The minimum Gasteiger partial charge on any atom is -0.463 e. The van der Waals surface area contributed by atoms with Crippen LogP contribution in [0.3, 0.4) is 0 Å². The van der Waals surface area contributed by atoms with E-state index in [-0.39, 0.29) is 12.6 Å². The van der Waals surface area contributed by atoms with Crippen molar-refractivity contribution < 1.29 is 14.3 Å². The van der Waals surface area contributed by atoms with E-state index < -0.39 is 12.0 Å². The van der Waals surface area contributed by atoms with Gasteiger partial charge in [0, 0.05) is 24.1 Å². The number of nitrogens with zero attached hydrogens (tertiary/aromatic N) is 1. The minimum absolute atomic E-state index is 0.276. The lowest BCUT2D eigenvalue weighted by molar-refractivity contribution is -0.139. The Hall–Kier alpha value is -3.39. The first-order chi connectivity index (χ1) is 14.4. The highest BCUT2D eigenvalue weighted by molar-refractivity contribution is 7.80. The number of esters is 1. The van der Waals surface area contributed by atoms with Gasteiger partial charge in [0.25, 0.3) is 0 Å². The van der Waals surface area contributed by atoms with E-state index in [4.69, 9.17) is 17.0 Å². The Balaban J connectivity index is 1.85. The maximum absolute atomic E-state index is 12.6. The molecule has 2 aromatic carbocycles. The highest BCUT2D eigenvalue weighted by atomic mass is 32.1. The van der Waals surface area contributed by atoms with Crippen LogP contribution in [0.2, 0.25) is 0 Å². The Morgan fingerprint density at radius 1 is 1.10 bits per heavy atom. The Morgan fingerprint density at radius 3 is 2.47 bits per heavy atom.